The molecule has 0 unspecified atom stereocenters. The molecule has 178 valence electrons. The Balaban J connectivity index is 1.29. The highest BCUT2D eigenvalue weighted by Crippen LogP contribution is 2.40. The minimum Gasteiger partial charge on any atom is -0.373 e. The highest BCUT2D eigenvalue weighted by molar-refractivity contribution is 5.87. The van der Waals surface area contributed by atoms with Gasteiger partial charge in [0.1, 0.15) is 17.0 Å². The topological polar surface area (TPSA) is 78.6 Å². The number of hydrogen-bond donors (Lipinski definition) is 0. The molecule has 0 spiro atoms. The number of aromatic nitrogens is 6. The second kappa shape index (κ2) is 8.19. The van der Waals surface area contributed by atoms with Crippen molar-refractivity contribution < 1.29 is 4.74 Å². The standard InChI is InChI=1S/C28H30N6O/c1-16-17(2)31-28-26(30-16)25(20-7-6-18-4-3-5-19(18)12-20)32-27(33-28)21-10-11-35-24(13-21)22-14-29-34(15-22)23-8-9-23/h6-7,12,14-15,21,23-24H,3-5,8-11,13H2,1-2H3/t21-,24+/m0/s1. The van der Waals surface area contributed by atoms with Gasteiger partial charge in [0.25, 0.3) is 0 Å². The van der Waals surface area contributed by atoms with Crippen LogP contribution in [0.3, 0.4) is 0 Å². The van der Waals surface area contributed by atoms with Crippen LogP contribution in [0.25, 0.3) is 22.4 Å². The summed E-state index contributed by atoms with van der Waals surface area (Å²) in [5, 5.41) is 4.58. The molecule has 4 heterocycles. The first-order chi connectivity index (χ1) is 17.1. The molecule has 2 atom stereocenters. The average Bonchev–Trinajstić information content (AvgIpc) is 3.41. The Morgan fingerprint density at radius 2 is 1.80 bits per heavy atom. The first-order valence-electron chi connectivity index (χ1n) is 12.9. The molecular formula is C28H30N6O. The van der Waals surface area contributed by atoms with Crippen LogP contribution in [-0.2, 0) is 17.6 Å². The fourth-order valence-electron chi connectivity index (χ4n) is 5.55. The van der Waals surface area contributed by atoms with Gasteiger partial charge in [-0.25, -0.2) is 19.9 Å². The number of nitrogens with zero attached hydrogens (tertiary/aromatic N) is 6. The molecule has 1 aromatic carbocycles. The van der Waals surface area contributed by atoms with E-state index in [0.29, 0.717) is 18.3 Å². The Hall–Kier alpha value is -3.19. The van der Waals surface area contributed by atoms with Gasteiger partial charge in [0.2, 0.25) is 0 Å². The van der Waals surface area contributed by atoms with Crippen molar-refractivity contribution in [3.8, 4) is 11.3 Å². The average molecular weight is 467 g/mol. The van der Waals surface area contributed by atoms with Crippen LogP contribution < -0.4 is 0 Å². The van der Waals surface area contributed by atoms with E-state index in [4.69, 9.17) is 24.7 Å². The van der Waals surface area contributed by atoms with E-state index in [2.05, 4.69) is 34.2 Å². The highest BCUT2D eigenvalue weighted by Gasteiger charge is 2.31. The van der Waals surface area contributed by atoms with E-state index in [-0.39, 0.29) is 12.0 Å². The molecule has 35 heavy (non-hydrogen) atoms. The summed E-state index contributed by atoms with van der Waals surface area (Å²) in [6.07, 6.45) is 11.9. The molecule has 4 aromatic rings. The summed E-state index contributed by atoms with van der Waals surface area (Å²) in [6.45, 7) is 4.70. The van der Waals surface area contributed by atoms with Gasteiger partial charge in [-0.1, -0.05) is 12.1 Å². The Labute approximate surface area is 205 Å². The maximum absolute atomic E-state index is 6.18. The first kappa shape index (κ1) is 21.1. The molecule has 0 amide bonds. The lowest BCUT2D eigenvalue weighted by Gasteiger charge is -2.28. The summed E-state index contributed by atoms with van der Waals surface area (Å²) in [6, 6.07) is 7.35. The van der Waals surface area contributed by atoms with Crippen LogP contribution in [0, 0.1) is 13.8 Å². The lowest BCUT2D eigenvalue weighted by atomic mass is 9.92. The quantitative estimate of drug-likeness (QED) is 0.403. The van der Waals surface area contributed by atoms with Crippen molar-refractivity contribution >= 4 is 11.2 Å². The van der Waals surface area contributed by atoms with Gasteiger partial charge in [-0.2, -0.15) is 5.10 Å². The minimum absolute atomic E-state index is 0.0230. The Morgan fingerprint density at radius 1 is 0.943 bits per heavy atom. The van der Waals surface area contributed by atoms with Crippen LogP contribution >= 0.6 is 0 Å². The highest BCUT2D eigenvalue weighted by atomic mass is 16.5. The normalized spacial score (nSPS) is 22.0. The van der Waals surface area contributed by atoms with Crippen LogP contribution in [0.1, 0.15) is 84.1 Å². The third-order valence-electron chi connectivity index (χ3n) is 7.89. The fourth-order valence-corrected chi connectivity index (χ4v) is 5.55. The van der Waals surface area contributed by atoms with E-state index in [0.717, 1.165) is 58.8 Å². The van der Waals surface area contributed by atoms with Crippen LogP contribution in [0.4, 0.5) is 0 Å². The molecule has 1 saturated carbocycles. The molecule has 3 aromatic heterocycles. The summed E-state index contributed by atoms with van der Waals surface area (Å²) in [4.78, 5) is 19.9. The van der Waals surface area contributed by atoms with Crippen molar-refractivity contribution in [3.05, 3.63) is 64.5 Å². The smallest absolute Gasteiger partial charge is 0.182 e. The molecular weight excluding hydrogens is 436 g/mol. The summed E-state index contributed by atoms with van der Waals surface area (Å²) in [5.41, 5.74) is 9.41. The van der Waals surface area contributed by atoms with Crippen LogP contribution in [0.5, 0.6) is 0 Å². The third kappa shape index (κ3) is 3.82. The van der Waals surface area contributed by atoms with Crippen molar-refractivity contribution in [1.29, 1.82) is 0 Å². The van der Waals surface area contributed by atoms with Crippen LogP contribution in [0.15, 0.2) is 30.6 Å². The van der Waals surface area contributed by atoms with Gasteiger partial charge in [-0.15, -0.1) is 0 Å². The lowest BCUT2D eigenvalue weighted by molar-refractivity contribution is 0.00396. The second-order valence-electron chi connectivity index (χ2n) is 10.4. The lowest BCUT2D eigenvalue weighted by Crippen LogP contribution is -2.20. The van der Waals surface area contributed by atoms with Crippen molar-refractivity contribution in [1.82, 2.24) is 29.7 Å². The largest absolute Gasteiger partial charge is 0.373 e. The molecule has 0 radical (unpaired) electrons. The zero-order valence-corrected chi connectivity index (χ0v) is 20.4. The van der Waals surface area contributed by atoms with Gasteiger partial charge in [0, 0.05) is 29.8 Å². The molecule has 0 bridgehead atoms. The van der Waals surface area contributed by atoms with Gasteiger partial charge >= 0.3 is 0 Å². The second-order valence-corrected chi connectivity index (χ2v) is 10.4. The molecule has 7 rings (SSSR count). The number of fused-ring (bicyclic) bond motifs is 2. The van der Waals surface area contributed by atoms with Crippen LogP contribution in [-0.4, -0.2) is 36.3 Å². The van der Waals surface area contributed by atoms with E-state index in [1.54, 1.807) is 0 Å². The Bertz CT molecular complexity index is 1440. The summed E-state index contributed by atoms with van der Waals surface area (Å²) < 4.78 is 8.28. The minimum atomic E-state index is 0.0230. The van der Waals surface area contributed by atoms with Crippen molar-refractivity contribution in [2.75, 3.05) is 6.61 Å². The van der Waals surface area contributed by atoms with Crippen LogP contribution in [0.2, 0.25) is 0 Å². The SMILES string of the molecule is Cc1nc2nc([C@H]3CCO[C@@H](c4cnn(C5CC5)c4)C3)nc(-c3ccc4c(c3)CCC4)c2nc1C. The van der Waals surface area contributed by atoms with E-state index in [9.17, 15) is 0 Å². The van der Waals surface area contributed by atoms with Crippen molar-refractivity contribution in [2.24, 2.45) is 0 Å². The molecule has 2 aliphatic carbocycles. The third-order valence-corrected chi connectivity index (χ3v) is 7.89. The van der Waals surface area contributed by atoms with E-state index < -0.39 is 0 Å². The van der Waals surface area contributed by atoms with Crippen molar-refractivity contribution in [3.63, 3.8) is 0 Å². The van der Waals surface area contributed by atoms with E-state index in [1.165, 1.54) is 36.8 Å². The van der Waals surface area contributed by atoms with Gasteiger partial charge < -0.3 is 4.74 Å². The molecule has 7 heteroatoms. The van der Waals surface area contributed by atoms with Crippen molar-refractivity contribution in [2.45, 2.75) is 76.9 Å². The molecule has 0 N–H and O–H groups in total. The summed E-state index contributed by atoms with van der Waals surface area (Å²) in [5.74, 6) is 1.06. The Morgan fingerprint density at radius 3 is 2.69 bits per heavy atom. The van der Waals surface area contributed by atoms with Gasteiger partial charge in [-0.05, 0) is 76.0 Å². The molecule has 1 saturated heterocycles. The predicted molar refractivity (Wildman–Crippen MR) is 133 cm³/mol. The number of ether oxygens (including phenoxy) is 1. The zero-order valence-electron chi connectivity index (χ0n) is 20.4. The molecule has 1 aliphatic heterocycles. The number of benzene rings is 1. The first-order valence-corrected chi connectivity index (χ1v) is 12.9. The fraction of sp³-hybridized carbons (Fsp3) is 0.464. The molecule has 3 aliphatic rings. The van der Waals surface area contributed by atoms with E-state index in [1.807, 2.05) is 20.0 Å². The maximum atomic E-state index is 6.18. The van der Waals surface area contributed by atoms with E-state index >= 15 is 0 Å². The maximum Gasteiger partial charge on any atom is 0.182 e. The monoisotopic (exact) mass is 466 g/mol. The number of aryl methyl sites for hydroxylation is 4. The molecule has 2 fully saturated rings. The number of rotatable bonds is 4. The van der Waals surface area contributed by atoms with Gasteiger partial charge in [0.15, 0.2) is 5.65 Å². The van der Waals surface area contributed by atoms with Gasteiger partial charge in [-0.3, -0.25) is 4.68 Å². The number of hydrogen-bond acceptors (Lipinski definition) is 6. The van der Waals surface area contributed by atoms with Gasteiger partial charge in [0.05, 0.1) is 29.7 Å². The predicted octanol–water partition coefficient (Wildman–Crippen LogP) is 5.36. The zero-order chi connectivity index (χ0) is 23.5. The summed E-state index contributed by atoms with van der Waals surface area (Å²) in [7, 11) is 0. The summed E-state index contributed by atoms with van der Waals surface area (Å²) >= 11 is 0. The Kier molecular flexibility index (Phi) is 4.94. The molecule has 7 nitrogen and oxygen atoms in total.